The summed E-state index contributed by atoms with van der Waals surface area (Å²) in [6, 6.07) is 0. The molecule has 0 spiro atoms. The minimum absolute atomic E-state index is 0.338. The van der Waals surface area contributed by atoms with Crippen molar-refractivity contribution in [2.75, 3.05) is 36.8 Å². The molecule has 2 aromatic heterocycles. The van der Waals surface area contributed by atoms with Crippen molar-refractivity contribution in [3.63, 3.8) is 0 Å². The van der Waals surface area contributed by atoms with Gasteiger partial charge in [0.1, 0.15) is 17.2 Å². The lowest BCUT2D eigenvalue weighted by atomic mass is 10.3. The van der Waals surface area contributed by atoms with Crippen LogP contribution in [0, 0.1) is 0 Å². The second kappa shape index (κ2) is 6.55. The van der Waals surface area contributed by atoms with Crippen molar-refractivity contribution in [2.45, 2.75) is 13.0 Å². The Morgan fingerprint density at radius 2 is 2.10 bits per heavy atom. The molecule has 0 saturated carbocycles. The Morgan fingerprint density at radius 1 is 1.19 bits per heavy atom. The molecule has 2 aromatic rings. The fourth-order valence-electron chi connectivity index (χ4n) is 2.48. The molecule has 2 N–H and O–H groups in total. The van der Waals surface area contributed by atoms with Gasteiger partial charge >= 0.3 is 0 Å². The standard InChI is InChI=1S/C13H17ClN6S/c14-11-12(15)16-8-17-13(11)20-3-1-2-19(4-5-20)6-10-7-21-9-18-10/h7-9H,1-6H2,(H2,15,16,17). The lowest BCUT2D eigenvalue weighted by Crippen LogP contribution is -2.31. The third-order valence-corrected chi connectivity index (χ3v) is 4.55. The number of hydrogen-bond acceptors (Lipinski definition) is 7. The Kier molecular flexibility index (Phi) is 4.52. The Bertz CT molecular complexity index is 590. The van der Waals surface area contributed by atoms with Crippen LogP contribution in [0.3, 0.4) is 0 Å². The minimum atomic E-state index is 0.338. The van der Waals surface area contributed by atoms with Gasteiger partial charge in [-0.15, -0.1) is 11.3 Å². The summed E-state index contributed by atoms with van der Waals surface area (Å²) in [6.45, 7) is 4.70. The Hall–Kier alpha value is -1.44. The first kappa shape index (κ1) is 14.5. The van der Waals surface area contributed by atoms with E-state index in [0.717, 1.165) is 50.7 Å². The van der Waals surface area contributed by atoms with Gasteiger partial charge in [0, 0.05) is 38.1 Å². The molecular formula is C13H17ClN6S. The number of hydrogen-bond donors (Lipinski definition) is 1. The van der Waals surface area contributed by atoms with Crippen LogP contribution in [-0.4, -0.2) is 46.0 Å². The van der Waals surface area contributed by atoms with E-state index in [-0.39, 0.29) is 0 Å². The zero-order valence-electron chi connectivity index (χ0n) is 11.6. The summed E-state index contributed by atoms with van der Waals surface area (Å²) in [4.78, 5) is 17.1. The number of nitrogens with two attached hydrogens (primary N) is 1. The maximum absolute atomic E-state index is 6.22. The maximum Gasteiger partial charge on any atom is 0.153 e. The number of anilines is 2. The zero-order chi connectivity index (χ0) is 14.7. The van der Waals surface area contributed by atoms with Crippen LogP contribution in [-0.2, 0) is 6.54 Å². The van der Waals surface area contributed by atoms with Gasteiger partial charge in [-0.05, 0) is 6.42 Å². The van der Waals surface area contributed by atoms with Crippen molar-refractivity contribution in [1.29, 1.82) is 0 Å². The van der Waals surface area contributed by atoms with Crippen LogP contribution < -0.4 is 10.6 Å². The van der Waals surface area contributed by atoms with E-state index in [1.54, 1.807) is 11.3 Å². The SMILES string of the molecule is Nc1ncnc(N2CCCN(Cc3cscn3)CC2)c1Cl. The molecule has 1 saturated heterocycles. The summed E-state index contributed by atoms with van der Waals surface area (Å²) in [5.41, 5.74) is 8.77. The zero-order valence-corrected chi connectivity index (χ0v) is 13.1. The van der Waals surface area contributed by atoms with E-state index in [2.05, 4.69) is 30.1 Å². The van der Waals surface area contributed by atoms with E-state index >= 15 is 0 Å². The first-order valence-corrected chi connectivity index (χ1v) is 8.16. The number of nitrogens with zero attached hydrogens (tertiary/aromatic N) is 5. The molecule has 1 aliphatic heterocycles. The van der Waals surface area contributed by atoms with Gasteiger partial charge in [0.15, 0.2) is 5.82 Å². The van der Waals surface area contributed by atoms with Crippen molar-refractivity contribution < 1.29 is 0 Å². The summed E-state index contributed by atoms with van der Waals surface area (Å²) in [5.74, 6) is 1.07. The average molecular weight is 325 g/mol. The topological polar surface area (TPSA) is 71.2 Å². The van der Waals surface area contributed by atoms with E-state index < -0.39 is 0 Å². The van der Waals surface area contributed by atoms with Crippen LogP contribution >= 0.6 is 22.9 Å². The monoisotopic (exact) mass is 324 g/mol. The number of rotatable bonds is 3. The van der Waals surface area contributed by atoms with E-state index in [1.807, 2.05) is 5.51 Å². The molecule has 3 rings (SSSR count). The first-order valence-electron chi connectivity index (χ1n) is 6.84. The summed E-state index contributed by atoms with van der Waals surface area (Å²) in [5, 5.41) is 2.55. The number of nitrogen functional groups attached to an aromatic ring is 1. The lowest BCUT2D eigenvalue weighted by molar-refractivity contribution is 0.282. The van der Waals surface area contributed by atoms with Crippen LogP contribution in [0.25, 0.3) is 0 Å². The molecule has 1 aliphatic rings. The largest absolute Gasteiger partial charge is 0.382 e. The van der Waals surface area contributed by atoms with Gasteiger partial charge in [0.2, 0.25) is 0 Å². The second-order valence-corrected chi connectivity index (χ2v) is 6.09. The van der Waals surface area contributed by atoms with Crippen LogP contribution in [0.1, 0.15) is 12.1 Å². The molecule has 0 unspecified atom stereocenters. The predicted molar refractivity (Wildman–Crippen MR) is 85.7 cm³/mol. The average Bonchev–Trinajstić information content (AvgIpc) is 2.88. The van der Waals surface area contributed by atoms with Crippen LogP contribution in [0.2, 0.25) is 5.02 Å². The van der Waals surface area contributed by atoms with Gasteiger partial charge in [-0.3, -0.25) is 4.90 Å². The van der Waals surface area contributed by atoms with Gasteiger partial charge in [-0.1, -0.05) is 11.6 Å². The Labute approximate surface area is 132 Å². The predicted octanol–water partition coefficient (Wildman–Crippen LogP) is 1.88. The molecule has 0 radical (unpaired) electrons. The molecule has 0 amide bonds. The van der Waals surface area contributed by atoms with Gasteiger partial charge in [-0.25, -0.2) is 15.0 Å². The molecule has 0 aliphatic carbocycles. The maximum atomic E-state index is 6.22. The second-order valence-electron chi connectivity index (χ2n) is 4.99. The summed E-state index contributed by atoms with van der Waals surface area (Å²) < 4.78 is 0. The molecular weight excluding hydrogens is 308 g/mol. The Balaban J connectivity index is 1.66. The highest BCUT2D eigenvalue weighted by Gasteiger charge is 2.19. The van der Waals surface area contributed by atoms with E-state index in [1.165, 1.54) is 6.33 Å². The summed E-state index contributed by atoms with van der Waals surface area (Å²) >= 11 is 7.86. The first-order chi connectivity index (χ1) is 10.2. The molecule has 0 atom stereocenters. The van der Waals surface area contributed by atoms with Gasteiger partial charge in [0.05, 0.1) is 11.2 Å². The molecule has 0 bridgehead atoms. The molecule has 1 fully saturated rings. The van der Waals surface area contributed by atoms with Crippen molar-refractivity contribution >= 4 is 34.6 Å². The van der Waals surface area contributed by atoms with Crippen LogP contribution in [0.5, 0.6) is 0 Å². The molecule has 3 heterocycles. The minimum Gasteiger partial charge on any atom is -0.382 e. The van der Waals surface area contributed by atoms with Crippen LogP contribution in [0.15, 0.2) is 17.2 Å². The molecule has 8 heteroatoms. The third-order valence-electron chi connectivity index (χ3n) is 3.56. The lowest BCUT2D eigenvalue weighted by Gasteiger charge is -2.23. The normalized spacial score (nSPS) is 16.9. The fourth-order valence-corrected chi connectivity index (χ4v) is 3.25. The van der Waals surface area contributed by atoms with E-state index in [9.17, 15) is 0 Å². The summed E-state index contributed by atoms with van der Waals surface area (Å²) in [6.07, 6.45) is 2.53. The Morgan fingerprint density at radius 3 is 2.90 bits per heavy atom. The smallest absolute Gasteiger partial charge is 0.153 e. The molecule has 21 heavy (non-hydrogen) atoms. The van der Waals surface area contributed by atoms with Gasteiger partial charge in [0.25, 0.3) is 0 Å². The summed E-state index contributed by atoms with van der Waals surface area (Å²) in [7, 11) is 0. The highest BCUT2D eigenvalue weighted by Crippen LogP contribution is 2.27. The quantitative estimate of drug-likeness (QED) is 0.929. The molecule has 112 valence electrons. The van der Waals surface area contributed by atoms with E-state index in [4.69, 9.17) is 17.3 Å². The van der Waals surface area contributed by atoms with Crippen molar-refractivity contribution in [3.05, 3.63) is 27.9 Å². The fraction of sp³-hybridized carbons (Fsp3) is 0.462. The van der Waals surface area contributed by atoms with Crippen LogP contribution in [0.4, 0.5) is 11.6 Å². The van der Waals surface area contributed by atoms with E-state index in [0.29, 0.717) is 10.8 Å². The van der Waals surface area contributed by atoms with Crippen molar-refractivity contribution in [3.8, 4) is 0 Å². The third kappa shape index (κ3) is 3.42. The highest BCUT2D eigenvalue weighted by atomic mass is 35.5. The van der Waals surface area contributed by atoms with Gasteiger partial charge in [-0.2, -0.15) is 0 Å². The van der Waals surface area contributed by atoms with Crippen molar-refractivity contribution in [1.82, 2.24) is 19.9 Å². The number of thiazole rings is 1. The molecule has 6 nitrogen and oxygen atoms in total. The van der Waals surface area contributed by atoms with Crippen molar-refractivity contribution in [2.24, 2.45) is 0 Å². The molecule has 0 aromatic carbocycles. The van der Waals surface area contributed by atoms with Gasteiger partial charge < -0.3 is 10.6 Å². The highest BCUT2D eigenvalue weighted by molar-refractivity contribution is 7.07. The number of aromatic nitrogens is 3. The number of halogens is 1.